The molecule has 1 aromatic carbocycles. The molecule has 0 aromatic heterocycles. The summed E-state index contributed by atoms with van der Waals surface area (Å²) in [7, 11) is 0. The Bertz CT molecular complexity index is 494. The van der Waals surface area contributed by atoms with Gasteiger partial charge in [-0.05, 0) is 50.6 Å². The average Bonchev–Trinajstić information content (AvgIpc) is 3.07. The number of benzene rings is 1. The van der Waals surface area contributed by atoms with Gasteiger partial charge >= 0.3 is 0 Å². The van der Waals surface area contributed by atoms with Gasteiger partial charge < -0.3 is 4.90 Å². The standard InChI is InChI=1S/C15H18Br2N2O/c16-12-7-11(8-13(17)9-12)15(20)19-6-3-14(10-19)18-4-1-2-5-18/h7-9,14H,1-6,10H2. The lowest BCUT2D eigenvalue weighted by atomic mass is 10.2. The van der Waals surface area contributed by atoms with Crippen LogP contribution in [-0.2, 0) is 0 Å². The van der Waals surface area contributed by atoms with E-state index < -0.39 is 0 Å². The van der Waals surface area contributed by atoms with Crippen molar-refractivity contribution in [1.29, 1.82) is 0 Å². The fourth-order valence-corrected chi connectivity index (χ4v) is 4.48. The van der Waals surface area contributed by atoms with E-state index in [2.05, 4.69) is 36.8 Å². The van der Waals surface area contributed by atoms with Gasteiger partial charge in [0, 0.05) is 33.6 Å². The zero-order valence-electron chi connectivity index (χ0n) is 11.3. The highest BCUT2D eigenvalue weighted by molar-refractivity contribution is 9.11. The van der Waals surface area contributed by atoms with Crippen LogP contribution in [0.1, 0.15) is 29.6 Å². The topological polar surface area (TPSA) is 23.6 Å². The van der Waals surface area contributed by atoms with E-state index in [-0.39, 0.29) is 5.91 Å². The van der Waals surface area contributed by atoms with E-state index in [1.165, 1.54) is 25.9 Å². The molecule has 1 amide bonds. The first-order valence-corrected chi connectivity index (χ1v) is 8.71. The number of nitrogens with zero attached hydrogens (tertiary/aromatic N) is 2. The molecule has 2 aliphatic rings. The Morgan fingerprint density at radius 1 is 1.05 bits per heavy atom. The summed E-state index contributed by atoms with van der Waals surface area (Å²) in [5.74, 6) is 0.147. The van der Waals surface area contributed by atoms with Crippen molar-refractivity contribution >= 4 is 37.8 Å². The highest BCUT2D eigenvalue weighted by Crippen LogP contribution is 2.24. The smallest absolute Gasteiger partial charge is 0.253 e. The molecule has 3 rings (SSSR count). The molecular weight excluding hydrogens is 384 g/mol. The Morgan fingerprint density at radius 3 is 2.35 bits per heavy atom. The molecule has 0 spiro atoms. The van der Waals surface area contributed by atoms with Gasteiger partial charge in [0.25, 0.3) is 5.91 Å². The summed E-state index contributed by atoms with van der Waals surface area (Å²) >= 11 is 6.89. The van der Waals surface area contributed by atoms with Crippen molar-refractivity contribution < 1.29 is 4.79 Å². The highest BCUT2D eigenvalue weighted by Gasteiger charge is 2.31. The molecule has 5 heteroatoms. The first-order valence-electron chi connectivity index (χ1n) is 7.13. The van der Waals surface area contributed by atoms with Crippen LogP contribution in [-0.4, -0.2) is 47.9 Å². The van der Waals surface area contributed by atoms with Crippen LogP contribution < -0.4 is 0 Å². The maximum Gasteiger partial charge on any atom is 0.253 e. The Hall–Kier alpha value is -0.390. The van der Waals surface area contributed by atoms with Crippen LogP contribution in [0.3, 0.4) is 0 Å². The Labute approximate surface area is 136 Å². The van der Waals surface area contributed by atoms with Gasteiger partial charge in [0.2, 0.25) is 0 Å². The molecule has 0 aliphatic carbocycles. The van der Waals surface area contributed by atoms with Crippen LogP contribution >= 0.6 is 31.9 Å². The molecule has 108 valence electrons. The van der Waals surface area contributed by atoms with E-state index in [0.717, 1.165) is 34.0 Å². The third kappa shape index (κ3) is 3.10. The van der Waals surface area contributed by atoms with Gasteiger partial charge in [0.1, 0.15) is 0 Å². The minimum absolute atomic E-state index is 0.147. The minimum Gasteiger partial charge on any atom is -0.337 e. The molecule has 0 saturated carbocycles. The maximum absolute atomic E-state index is 12.6. The zero-order valence-corrected chi connectivity index (χ0v) is 14.5. The van der Waals surface area contributed by atoms with Gasteiger partial charge in [-0.3, -0.25) is 9.69 Å². The number of hydrogen-bond donors (Lipinski definition) is 0. The number of carbonyl (C=O) groups excluding carboxylic acids is 1. The van der Waals surface area contributed by atoms with Crippen molar-refractivity contribution in [2.75, 3.05) is 26.2 Å². The van der Waals surface area contributed by atoms with Crippen LogP contribution in [0.4, 0.5) is 0 Å². The van der Waals surface area contributed by atoms with Gasteiger partial charge in [-0.2, -0.15) is 0 Å². The largest absolute Gasteiger partial charge is 0.337 e. The third-order valence-electron chi connectivity index (χ3n) is 4.22. The third-order valence-corrected chi connectivity index (χ3v) is 5.13. The van der Waals surface area contributed by atoms with Crippen molar-refractivity contribution in [3.05, 3.63) is 32.7 Å². The van der Waals surface area contributed by atoms with Gasteiger partial charge in [0.15, 0.2) is 0 Å². The second-order valence-electron chi connectivity index (χ2n) is 5.59. The number of amides is 1. The summed E-state index contributed by atoms with van der Waals surface area (Å²) < 4.78 is 1.87. The summed E-state index contributed by atoms with van der Waals surface area (Å²) in [6, 6.07) is 6.32. The number of hydrogen-bond acceptors (Lipinski definition) is 2. The molecular formula is C15H18Br2N2O. The summed E-state index contributed by atoms with van der Waals surface area (Å²) in [5.41, 5.74) is 0.758. The molecule has 2 fully saturated rings. The van der Waals surface area contributed by atoms with Gasteiger partial charge in [-0.1, -0.05) is 31.9 Å². The summed E-state index contributed by atoms with van der Waals surface area (Å²) in [6.07, 6.45) is 3.73. The molecule has 1 unspecified atom stereocenters. The first-order chi connectivity index (χ1) is 9.63. The monoisotopic (exact) mass is 400 g/mol. The summed E-state index contributed by atoms with van der Waals surface area (Å²) in [5, 5.41) is 0. The second kappa shape index (κ2) is 6.16. The molecule has 3 nitrogen and oxygen atoms in total. The van der Waals surface area contributed by atoms with E-state index >= 15 is 0 Å². The first kappa shape index (κ1) is 14.5. The van der Waals surface area contributed by atoms with Crippen molar-refractivity contribution in [1.82, 2.24) is 9.80 Å². The van der Waals surface area contributed by atoms with E-state index in [1.807, 2.05) is 23.1 Å². The Balaban J connectivity index is 1.68. The molecule has 1 aromatic rings. The molecule has 20 heavy (non-hydrogen) atoms. The molecule has 2 aliphatic heterocycles. The van der Waals surface area contributed by atoms with Crippen molar-refractivity contribution in [3.63, 3.8) is 0 Å². The molecule has 2 saturated heterocycles. The lowest BCUT2D eigenvalue weighted by Gasteiger charge is -2.23. The van der Waals surface area contributed by atoms with Crippen molar-refractivity contribution in [3.8, 4) is 0 Å². The normalized spacial score (nSPS) is 23.5. The zero-order chi connectivity index (χ0) is 14.1. The fraction of sp³-hybridized carbons (Fsp3) is 0.533. The quantitative estimate of drug-likeness (QED) is 0.756. The lowest BCUT2D eigenvalue weighted by Crippen LogP contribution is -2.37. The van der Waals surface area contributed by atoms with Crippen LogP contribution in [0.25, 0.3) is 0 Å². The van der Waals surface area contributed by atoms with Gasteiger partial charge in [-0.15, -0.1) is 0 Å². The van der Waals surface area contributed by atoms with Gasteiger partial charge in [0.05, 0.1) is 0 Å². The summed E-state index contributed by atoms with van der Waals surface area (Å²) in [6.45, 7) is 4.16. The highest BCUT2D eigenvalue weighted by atomic mass is 79.9. The average molecular weight is 402 g/mol. The minimum atomic E-state index is 0.147. The Morgan fingerprint density at radius 2 is 1.70 bits per heavy atom. The number of rotatable bonds is 2. The Kier molecular flexibility index (Phi) is 4.48. The lowest BCUT2D eigenvalue weighted by molar-refractivity contribution is 0.0780. The van der Waals surface area contributed by atoms with E-state index in [0.29, 0.717) is 6.04 Å². The second-order valence-corrected chi connectivity index (χ2v) is 7.43. The van der Waals surface area contributed by atoms with E-state index in [4.69, 9.17) is 0 Å². The fourth-order valence-electron chi connectivity index (χ4n) is 3.19. The van der Waals surface area contributed by atoms with Crippen LogP contribution in [0.15, 0.2) is 27.1 Å². The van der Waals surface area contributed by atoms with Crippen molar-refractivity contribution in [2.45, 2.75) is 25.3 Å². The maximum atomic E-state index is 12.6. The SMILES string of the molecule is O=C(c1cc(Br)cc(Br)c1)N1CCC(N2CCCC2)C1. The van der Waals surface area contributed by atoms with Crippen molar-refractivity contribution in [2.24, 2.45) is 0 Å². The molecule has 2 heterocycles. The summed E-state index contributed by atoms with van der Waals surface area (Å²) in [4.78, 5) is 17.1. The molecule has 0 N–H and O–H groups in total. The predicted molar refractivity (Wildman–Crippen MR) is 87.0 cm³/mol. The molecule has 0 bridgehead atoms. The number of likely N-dealkylation sites (tertiary alicyclic amines) is 2. The van der Waals surface area contributed by atoms with Crippen LogP contribution in [0.2, 0.25) is 0 Å². The molecule has 0 radical (unpaired) electrons. The number of halogens is 2. The predicted octanol–water partition coefficient (Wildman–Crippen LogP) is 3.52. The molecule has 1 atom stereocenters. The number of carbonyl (C=O) groups is 1. The van der Waals surface area contributed by atoms with Crippen LogP contribution in [0.5, 0.6) is 0 Å². The van der Waals surface area contributed by atoms with E-state index in [9.17, 15) is 4.79 Å². The van der Waals surface area contributed by atoms with Crippen LogP contribution in [0, 0.1) is 0 Å². The van der Waals surface area contributed by atoms with E-state index in [1.54, 1.807) is 0 Å². The van der Waals surface area contributed by atoms with Gasteiger partial charge in [-0.25, -0.2) is 0 Å².